The summed E-state index contributed by atoms with van der Waals surface area (Å²) in [5.41, 5.74) is 0.517. The molecule has 7 nitrogen and oxygen atoms in total. The Hall–Kier alpha value is -2.28. The van der Waals surface area contributed by atoms with Crippen molar-refractivity contribution >= 4 is 35.0 Å². The summed E-state index contributed by atoms with van der Waals surface area (Å²) >= 11 is 6.03. The van der Waals surface area contributed by atoms with Gasteiger partial charge in [0.2, 0.25) is 11.8 Å². The standard InChI is InChI=1S/C22H29ClN4O3/c1-14-4-3-10-26(13-14)21(30)15(2)27-11-9-22(8-7-19(27)28)24-18-6-5-16(23)12-17(18)20(29)25-22/h5-6,12,14-15,24H,3-4,7-11,13H2,1-2H3,(H,25,29). The van der Waals surface area contributed by atoms with E-state index in [4.69, 9.17) is 11.6 Å². The summed E-state index contributed by atoms with van der Waals surface area (Å²) in [4.78, 5) is 42.2. The van der Waals surface area contributed by atoms with Crippen LogP contribution in [0, 0.1) is 5.92 Å². The Kier molecular flexibility index (Phi) is 5.66. The molecule has 3 atom stereocenters. The first-order valence-electron chi connectivity index (χ1n) is 10.8. The van der Waals surface area contributed by atoms with Gasteiger partial charge in [-0.25, -0.2) is 0 Å². The summed E-state index contributed by atoms with van der Waals surface area (Å²) in [6.45, 7) is 5.91. The van der Waals surface area contributed by atoms with Crippen molar-refractivity contribution < 1.29 is 14.4 Å². The lowest BCUT2D eigenvalue weighted by Gasteiger charge is -2.40. The van der Waals surface area contributed by atoms with Crippen LogP contribution in [-0.4, -0.2) is 58.9 Å². The van der Waals surface area contributed by atoms with Crippen molar-refractivity contribution in [2.45, 2.75) is 57.7 Å². The summed E-state index contributed by atoms with van der Waals surface area (Å²) in [6.07, 6.45) is 3.42. The number of hydrogen-bond donors (Lipinski definition) is 2. The van der Waals surface area contributed by atoms with Crippen LogP contribution in [-0.2, 0) is 9.59 Å². The molecule has 2 saturated heterocycles. The molecule has 0 bridgehead atoms. The fourth-order valence-electron chi connectivity index (χ4n) is 4.86. The van der Waals surface area contributed by atoms with Crippen molar-refractivity contribution in [3.63, 3.8) is 0 Å². The van der Waals surface area contributed by atoms with Crippen LogP contribution in [0.25, 0.3) is 0 Å². The number of halogens is 1. The number of anilines is 1. The maximum atomic E-state index is 13.1. The van der Waals surface area contributed by atoms with Crippen LogP contribution < -0.4 is 10.6 Å². The van der Waals surface area contributed by atoms with E-state index in [1.54, 1.807) is 23.1 Å². The summed E-state index contributed by atoms with van der Waals surface area (Å²) < 4.78 is 0. The Morgan fingerprint density at radius 3 is 2.80 bits per heavy atom. The van der Waals surface area contributed by atoms with E-state index in [-0.39, 0.29) is 24.1 Å². The molecule has 2 fully saturated rings. The van der Waals surface area contributed by atoms with E-state index in [2.05, 4.69) is 17.6 Å². The minimum atomic E-state index is -0.704. The minimum absolute atomic E-state index is 0.0199. The quantitative estimate of drug-likeness (QED) is 0.752. The smallest absolute Gasteiger partial charge is 0.255 e. The molecule has 1 aromatic carbocycles. The van der Waals surface area contributed by atoms with Gasteiger partial charge in [0, 0.05) is 43.2 Å². The summed E-state index contributed by atoms with van der Waals surface area (Å²) in [7, 11) is 0. The zero-order valence-electron chi connectivity index (χ0n) is 17.5. The average Bonchev–Trinajstić information content (AvgIpc) is 2.87. The fourth-order valence-corrected chi connectivity index (χ4v) is 5.03. The summed E-state index contributed by atoms with van der Waals surface area (Å²) in [5, 5.41) is 6.98. The molecule has 3 aliphatic rings. The monoisotopic (exact) mass is 432 g/mol. The highest BCUT2D eigenvalue weighted by atomic mass is 35.5. The van der Waals surface area contributed by atoms with Crippen LogP contribution in [0.1, 0.15) is 56.3 Å². The molecule has 0 radical (unpaired) electrons. The number of fused-ring (bicyclic) bond motifs is 1. The SMILES string of the molecule is CC1CCCN(C(=O)C(C)N2CCC3(CCC2=O)NC(=O)c2cc(Cl)ccc2N3)C1. The van der Waals surface area contributed by atoms with Crippen LogP contribution in [0.4, 0.5) is 5.69 Å². The molecule has 3 amide bonds. The first-order valence-corrected chi connectivity index (χ1v) is 11.1. The predicted molar refractivity (Wildman–Crippen MR) is 115 cm³/mol. The predicted octanol–water partition coefficient (Wildman–Crippen LogP) is 2.85. The van der Waals surface area contributed by atoms with Crippen molar-refractivity contribution in [1.29, 1.82) is 0 Å². The van der Waals surface area contributed by atoms with Crippen LogP contribution in [0.15, 0.2) is 18.2 Å². The molecule has 0 aliphatic carbocycles. The van der Waals surface area contributed by atoms with Crippen molar-refractivity contribution in [3.8, 4) is 0 Å². The second-order valence-electron chi connectivity index (χ2n) is 8.90. The van der Waals surface area contributed by atoms with Crippen LogP contribution in [0.2, 0.25) is 5.02 Å². The molecule has 0 aromatic heterocycles. The molecular formula is C22H29ClN4O3. The molecule has 1 spiro atoms. The van der Waals surface area contributed by atoms with E-state index in [9.17, 15) is 14.4 Å². The largest absolute Gasteiger partial charge is 0.362 e. The van der Waals surface area contributed by atoms with E-state index >= 15 is 0 Å². The van der Waals surface area contributed by atoms with Crippen LogP contribution in [0.5, 0.6) is 0 Å². The fraction of sp³-hybridized carbons (Fsp3) is 0.591. The topological polar surface area (TPSA) is 81.8 Å². The molecule has 3 unspecified atom stereocenters. The average molecular weight is 433 g/mol. The number of carbonyl (C=O) groups is 3. The van der Waals surface area contributed by atoms with Gasteiger partial charge in [0.15, 0.2) is 0 Å². The van der Waals surface area contributed by atoms with Gasteiger partial charge in [0.05, 0.1) is 5.56 Å². The van der Waals surface area contributed by atoms with E-state index < -0.39 is 11.7 Å². The third-order valence-electron chi connectivity index (χ3n) is 6.61. The van der Waals surface area contributed by atoms with Gasteiger partial charge in [0.1, 0.15) is 11.7 Å². The van der Waals surface area contributed by atoms with Gasteiger partial charge in [-0.05, 0) is 50.3 Å². The van der Waals surface area contributed by atoms with Gasteiger partial charge in [-0.3, -0.25) is 14.4 Å². The van der Waals surface area contributed by atoms with Crippen molar-refractivity contribution in [2.75, 3.05) is 25.0 Å². The number of carbonyl (C=O) groups excluding carboxylic acids is 3. The number of rotatable bonds is 2. The Morgan fingerprint density at radius 1 is 1.23 bits per heavy atom. The molecular weight excluding hydrogens is 404 g/mol. The first-order chi connectivity index (χ1) is 14.3. The highest BCUT2D eigenvalue weighted by Gasteiger charge is 2.42. The Labute approximate surface area is 182 Å². The van der Waals surface area contributed by atoms with Crippen molar-refractivity contribution in [2.24, 2.45) is 5.92 Å². The van der Waals surface area contributed by atoms with Gasteiger partial charge >= 0.3 is 0 Å². The molecule has 4 rings (SSSR count). The lowest BCUT2D eigenvalue weighted by molar-refractivity contribution is -0.145. The molecule has 3 heterocycles. The van der Waals surface area contributed by atoms with Crippen LogP contribution in [0.3, 0.4) is 0 Å². The minimum Gasteiger partial charge on any atom is -0.362 e. The lowest BCUT2D eigenvalue weighted by Crippen LogP contribution is -2.58. The zero-order chi connectivity index (χ0) is 21.5. The van der Waals surface area contributed by atoms with Gasteiger partial charge in [-0.1, -0.05) is 18.5 Å². The van der Waals surface area contributed by atoms with Crippen molar-refractivity contribution in [1.82, 2.24) is 15.1 Å². The highest BCUT2D eigenvalue weighted by molar-refractivity contribution is 6.31. The zero-order valence-corrected chi connectivity index (χ0v) is 18.3. The van der Waals surface area contributed by atoms with E-state index in [1.165, 1.54) is 0 Å². The summed E-state index contributed by atoms with van der Waals surface area (Å²) in [5.74, 6) is 0.272. The lowest BCUT2D eigenvalue weighted by atomic mass is 9.95. The number of hydrogen-bond acceptors (Lipinski definition) is 4. The molecule has 3 aliphatic heterocycles. The number of amides is 3. The van der Waals surface area contributed by atoms with E-state index in [1.807, 2.05) is 11.8 Å². The normalized spacial score (nSPS) is 27.8. The Morgan fingerprint density at radius 2 is 2.03 bits per heavy atom. The Bertz CT molecular complexity index is 876. The Balaban J connectivity index is 1.48. The number of likely N-dealkylation sites (tertiary alicyclic amines) is 2. The molecule has 1 aromatic rings. The third-order valence-corrected chi connectivity index (χ3v) is 6.85. The number of nitrogens with one attached hydrogen (secondary N) is 2. The second-order valence-corrected chi connectivity index (χ2v) is 9.33. The van der Waals surface area contributed by atoms with Crippen LogP contribution >= 0.6 is 11.6 Å². The van der Waals surface area contributed by atoms with Gasteiger partial charge in [-0.15, -0.1) is 0 Å². The highest BCUT2D eigenvalue weighted by Crippen LogP contribution is 2.33. The molecule has 30 heavy (non-hydrogen) atoms. The maximum Gasteiger partial charge on any atom is 0.255 e. The van der Waals surface area contributed by atoms with Crippen molar-refractivity contribution in [3.05, 3.63) is 28.8 Å². The molecule has 0 saturated carbocycles. The molecule has 162 valence electrons. The first kappa shape index (κ1) is 21.0. The molecule has 2 N–H and O–H groups in total. The van der Waals surface area contributed by atoms with Gasteiger partial charge < -0.3 is 20.4 Å². The van der Waals surface area contributed by atoms with Gasteiger partial charge in [0.25, 0.3) is 5.91 Å². The third kappa shape index (κ3) is 4.00. The second kappa shape index (κ2) is 8.10. The summed E-state index contributed by atoms with van der Waals surface area (Å²) in [6, 6.07) is 4.68. The number of piperidine rings is 1. The molecule has 8 heteroatoms. The maximum absolute atomic E-state index is 13.1. The number of benzene rings is 1. The number of nitrogens with zero attached hydrogens (tertiary/aromatic N) is 2. The van der Waals surface area contributed by atoms with E-state index in [0.29, 0.717) is 35.9 Å². The van der Waals surface area contributed by atoms with Gasteiger partial charge in [-0.2, -0.15) is 0 Å². The van der Waals surface area contributed by atoms with E-state index in [0.717, 1.165) is 31.6 Å².